The Morgan fingerprint density at radius 3 is 2.29 bits per heavy atom. The minimum absolute atomic E-state index is 0.156. The summed E-state index contributed by atoms with van der Waals surface area (Å²) in [5, 5.41) is 2.90. The molecule has 0 fully saturated rings. The quantitative estimate of drug-likeness (QED) is 0.584. The second-order valence-corrected chi connectivity index (χ2v) is 11.3. The Bertz CT molecular complexity index is 1130. The van der Waals surface area contributed by atoms with Crippen LogP contribution in [0.4, 0.5) is 5.69 Å². The highest BCUT2D eigenvalue weighted by Crippen LogP contribution is 2.29. The predicted octanol–water partition coefficient (Wildman–Crippen LogP) is 3.10. The zero-order valence-corrected chi connectivity index (χ0v) is 21.8. The topological polar surface area (TPSA) is 96.0 Å². The molecule has 0 aromatic heterocycles. The van der Waals surface area contributed by atoms with E-state index in [4.69, 9.17) is 4.74 Å². The lowest BCUT2D eigenvalue weighted by Crippen LogP contribution is -2.54. The van der Waals surface area contributed by atoms with Gasteiger partial charge in [0.2, 0.25) is 21.8 Å². The van der Waals surface area contributed by atoms with Crippen molar-refractivity contribution in [3.63, 3.8) is 0 Å². The molecule has 0 saturated carbocycles. The van der Waals surface area contributed by atoms with Crippen molar-refractivity contribution in [3.8, 4) is 5.75 Å². The highest BCUT2D eigenvalue weighted by molar-refractivity contribution is 7.92. The van der Waals surface area contributed by atoms with Crippen LogP contribution in [-0.2, 0) is 26.2 Å². The molecule has 1 unspecified atom stereocenters. The molecule has 0 aliphatic heterocycles. The van der Waals surface area contributed by atoms with Gasteiger partial charge in [0.05, 0.1) is 19.1 Å². The molecule has 0 heterocycles. The summed E-state index contributed by atoms with van der Waals surface area (Å²) >= 11 is 0. The van der Waals surface area contributed by atoms with E-state index in [-0.39, 0.29) is 18.1 Å². The van der Waals surface area contributed by atoms with Crippen LogP contribution >= 0.6 is 0 Å². The van der Waals surface area contributed by atoms with E-state index in [0.717, 1.165) is 21.7 Å². The first kappa shape index (κ1) is 27.2. The molecule has 8 nitrogen and oxygen atoms in total. The van der Waals surface area contributed by atoms with Gasteiger partial charge in [0, 0.05) is 12.1 Å². The smallest absolute Gasteiger partial charge is 0.244 e. The fraction of sp³-hybridized carbons (Fsp3) is 0.440. The molecule has 1 atom stereocenters. The fourth-order valence-corrected chi connectivity index (χ4v) is 4.35. The van der Waals surface area contributed by atoms with E-state index in [0.29, 0.717) is 5.75 Å². The van der Waals surface area contributed by atoms with Crippen LogP contribution in [0.15, 0.2) is 48.5 Å². The zero-order chi connectivity index (χ0) is 25.7. The number of rotatable bonds is 9. The van der Waals surface area contributed by atoms with Crippen molar-refractivity contribution in [3.05, 3.63) is 59.7 Å². The van der Waals surface area contributed by atoms with Crippen molar-refractivity contribution >= 4 is 27.5 Å². The molecule has 0 spiro atoms. The number of methoxy groups -OCH3 is 1. The van der Waals surface area contributed by atoms with E-state index < -0.39 is 34.1 Å². The van der Waals surface area contributed by atoms with Gasteiger partial charge < -0.3 is 15.0 Å². The van der Waals surface area contributed by atoms with Crippen LogP contribution in [0.2, 0.25) is 0 Å². The molecule has 0 saturated heterocycles. The Morgan fingerprint density at radius 1 is 1.09 bits per heavy atom. The number of ether oxygens (including phenoxy) is 1. The summed E-state index contributed by atoms with van der Waals surface area (Å²) < 4.78 is 31.7. The van der Waals surface area contributed by atoms with Gasteiger partial charge >= 0.3 is 0 Å². The predicted molar refractivity (Wildman–Crippen MR) is 134 cm³/mol. The highest BCUT2D eigenvalue weighted by atomic mass is 32.2. The maximum absolute atomic E-state index is 13.6. The molecule has 2 aromatic carbocycles. The van der Waals surface area contributed by atoms with Gasteiger partial charge in [0.1, 0.15) is 18.3 Å². The molecular formula is C25H35N3O5S. The molecule has 186 valence electrons. The Hall–Kier alpha value is -3.07. The molecule has 2 amide bonds. The molecule has 1 N–H and O–H groups in total. The van der Waals surface area contributed by atoms with Gasteiger partial charge in [-0.2, -0.15) is 0 Å². The molecule has 2 rings (SSSR count). The second kappa shape index (κ2) is 10.9. The normalized spacial score (nSPS) is 12.6. The van der Waals surface area contributed by atoms with Gasteiger partial charge in [-0.25, -0.2) is 8.42 Å². The average molecular weight is 490 g/mol. The van der Waals surface area contributed by atoms with Crippen LogP contribution < -0.4 is 14.4 Å². The summed E-state index contributed by atoms with van der Waals surface area (Å²) in [6, 6.07) is 13.4. The number of benzene rings is 2. The lowest BCUT2D eigenvalue weighted by atomic mass is 10.1. The van der Waals surface area contributed by atoms with Crippen LogP contribution in [0.25, 0.3) is 0 Å². The lowest BCUT2D eigenvalue weighted by Gasteiger charge is -2.33. The van der Waals surface area contributed by atoms with E-state index in [1.54, 1.807) is 31.2 Å². The number of hydrogen-bond acceptors (Lipinski definition) is 5. The molecule has 0 radical (unpaired) electrons. The number of nitrogens with one attached hydrogen (secondary N) is 1. The summed E-state index contributed by atoms with van der Waals surface area (Å²) in [5.74, 6) is -0.504. The van der Waals surface area contributed by atoms with Crippen LogP contribution in [-0.4, -0.2) is 56.6 Å². The van der Waals surface area contributed by atoms with Crippen molar-refractivity contribution in [2.75, 3.05) is 24.2 Å². The number of aryl methyl sites for hydroxylation is 1. The molecule has 2 aromatic rings. The number of carbonyl (C=O) groups excluding carboxylic acids is 2. The van der Waals surface area contributed by atoms with Gasteiger partial charge in [-0.05, 0) is 52.3 Å². The summed E-state index contributed by atoms with van der Waals surface area (Å²) in [7, 11) is -2.39. The van der Waals surface area contributed by atoms with Crippen LogP contribution in [0.1, 0.15) is 38.8 Å². The Morgan fingerprint density at radius 2 is 1.74 bits per heavy atom. The fourth-order valence-electron chi connectivity index (χ4n) is 3.49. The largest absolute Gasteiger partial charge is 0.495 e. The van der Waals surface area contributed by atoms with Crippen molar-refractivity contribution in [1.29, 1.82) is 0 Å². The van der Waals surface area contributed by atoms with Crippen molar-refractivity contribution in [2.45, 2.75) is 52.7 Å². The molecular weight excluding hydrogens is 454 g/mol. The molecule has 0 aliphatic carbocycles. The van der Waals surface area contributed by atoms with Gasteiger partial charge in [0.15, 0.2) is 0 Å². The maximum Gasteiger partial charge on any atom is 0.244 e. The standard InChI is InChI=1S/C25H35N3O5S/c1-18-11-10-12-20(15-18)16-27(19(2)24(30)26-25(3,4)5)23(29)17-28(34(7,31)32)21-13-8-9-14-22(21)33-6/h8-15,19H,16-17H2,1-7H3,(H,26,30). The van der Waals surface area contributed by atoms with Gasteiger partial charge in [0.25, 0.3) is 0 Å². The van der Waals surface area contributed by atoms with Crippen molar-refractivity contribution in [1.82, 2.24) is 10.2 Å². The van der Waals surface area contributed by atoms with E-state index >= 15 is 0 Å². The maximum atomic E-state index is 13.6. The first-order chi connectivity index (χ1) is 15.7. The number of carbonyl (C=O) groups is 2. The lowest BCUT2D eigenvalue weighted by molar-refractivity contribution is -0.140. The molecule has 0 aliphatic rings. The Labute approximate surface area is 202 Å². The van der Waals surface area contributed by atoms with E-state index in [1.165, 1.54) is 12.0 Å². The van der Waals surface area contributed by atoms with E-state index in [2.05, 4.69) is 5.32 Å². The highest BCUT2D eigenvalue weighted by Gasteiger charge is 2.32. The zero-order valence-electron chi connectivity index (χ0n) is 21.0. The monoisotopic (exact) mass is 489 g/mol. The number of nitrogens with zero attached hydrogens (tertiary/aromatic N) is 2. The third kappa shape index (κ3) is 7.48. The summed E-state index contributed by atoms with van der Waals surface area (Å²) in [4.78, 5) is 27.9. The van der Waals surface area contributed by atoms with Gasteiger partial charge in [-0.3, -0.25) is 13.9 Å². The summed E-state index contributed by atoms with van der Waals surface area (Å²) in [6.45, 7) is 8.84. The SMILES string of the molecule is COc1ccccc1N(CC(=O)N(Cc1cccc(C)c1)C(C)C(=O)NC(C)(C)C)S(C)(=O)=O. The average Bonchev–Trinajstić information content (AvgIpc) is 2.73. The van der Waals surface area contributed by atoms with Gasteiger partial charge in [-0.1, -0.05) is 42.0 Å². The van der Waals surface area contributed by atoms with Crippen LogP contribution in [0.3, 0.4) is 0 Å². The van der Waals surface area contributed by atoms with Crippen molar-refractivity contribution in [2.24, 2.45) is 0 Å². The number of hydrogen-bond donors (Lipinski definition) is 1. The Balaban J connectivity index is 2.44. The van der Waals surface area contributed by atoms with Crippen LogP contribution in [0, 0.1) is 6.92 Å². The van der Waals surface area contributed by atoms with Gasteiger partial charge in [-0.15, -0.1) is 0 Å². The van der Waals surface area contributed by atoms with Crippen LogP contribution in [0.5, 0.6) is 5.75 Å². The third-order valence-electron chi connectivity index (χ3n) is 5.13. The van der Waals surface area contributed by atoms with E-state index in [9.17, 15) is 18.0 Å². The molecule has 34 heavy (non-hydrogen) atoms. The number of para-hydroxylation sites is 2. The number of anilines is 1. The number of sulfonamides is 1. The summed E-state index contributed by atoms with van der Waals surface area (Å²) in [5.41, 5.74) is 1.62. The van der Waals surface area contributed by atoms with Crippen molar-refractivity contribution < 1.29 is 22.7 Å². The molecule has 9 heteroatoms. The first-order valence-corrected chi connectivity index (χ1v) is 12.9. The minimum atomic E-state index is -3.83. The first-order valence-electron chi connectivity index (χ1n) is 11.0. The third-order valence-corrected chi connectivity index (χ3v) is 6.26. The minimum Gasteiger partial charge on any atom is -0.495 e. The number of amides is 2. The summed E-state index contributed by atoms with van der Waals surface area (Å²) in [6.07, 6.45) is 1.04. The Kier molecular flexibility index (Phi) is 8.72. The van der Waals surface area contributed by atoms with E-state index in [1.807, 2.05) is 52.0 Å². The molecule has 0 bridgehead atoms. The second-order valence-electron chi connectivity index (χ2n) is 9.37.